The maximum absolute atomic E-state index is 13.0. The largest absolute Gasteiger partial charge is 0.493 e. The smallest absolute Gasteiger partial charge is 0.256 e. The first-order valence-electron chi connectivity index (χ1n) is 9.86. The summed E-state index contributed by atoms with van der Waals surface area (Å²) in [5.74, 6) is 0.759. The van der Waals surface area contributed by atoms with Crippen molar-refractivity contribution >= 4 is 40.7 Å². The summed E-state index contributed by atoms with van der Waals surface area (Å²) >= 11 is 12.1. The highest BCUT2D eigenvalue weighted by molar-refractivity contribution is 6.42. The maximum Gasteiger partial charge on any atom is 0.256 e. The number of amides is 2. The quantitative estimate of drug-likeness (QED) is 0.612. The van der Waals surface area contributed by atoms with Crippen LogP contribution in [0.15, 0.2) is 30.3 Å². The zero-order chi connectivity index (χ0) is 22.4. The highest BCUT2D eigenvalue weighted by Crippen LogP contribution is 2.35. The molecule has 0 aliphatic carbocycles. The molecule has 1 aliphatic rings. The molecule has 2 aromatic carbocycles. The summed E-state index contributed by atoms with van der Waals surface area (Å²) in [6.45, 7) is 1.47. The third-order valence-electron chi connectivity index (χ3n) is 4.92. The van der Waals surface area contributed by atoms with Crippen LogP contribution in [0.5, 0.6) is 17.2 Å². The van der Waals surface area contributed by atoms with Crippen LogP contribution in [0.4, 0.5) is 5.69 Å². The normalized spacial score (nSPS) is 13.1. The van der Waals surface area contributed by atoms with Gasteiger partial charge in [0.05, 0.1) is 43.5 Å². The molecular weight excluding hydrogens is 443 g/mol. The minimum atomic E-state index is -0.319. The Bertz CT molecular complexity index is 961. The molecule has 1 aliphatic heterocycles. The van der Waals surface area contributed by atoms with Crippen LogP contribution in [-0.2, 0) is 4.79 Å². The number of carbonyl (C=O) groups excluding carboxylic acids is 2. The lowest BCUT2D eigenvalue weighted by molar-refractivity contribution is -0.116. The Morgan fingerprint density at radius 1 is 1.03 bits per heavy atom. The number of ether oxygens (including phenoxy) is 3. The van der Waals surface area contributed by atoms with Crippen LogP contribution in [0.3, 0.4) is 0 Å². The van der Waals surface area contributed by atoms with E-state index >= 15 is 0 Å². The van der Waals surface area contributed by atoms with Crippen molar-refractivity contribution in [1.82, 2.24) is 4.90 Å². The van der Waals surface area contributed by atoms with Crippen LogP contribution in [0.1, 0.15) is 29.6 Å². The summed E-state index contributed by atoms with van der Waals surface area (Å²) in [6, 6.07) is 8.22. The number of methoxy groups -OCH3 is 2. The van der Waals surface area contributed by atoms with E-state index in [2.05, 4.69) is 5.32 Å². The molecule has 1 saturated heterocycles. The Hall–Kier alpha value is -2.64. The zero-order valence-electron chi connectivity index (χ0n) is 17.4. The van der Waals surface area contributed by atoms with E-state index < -0.39 is 0 Å². The van der Waals surface area contributed by atoms with Gasteiger partial charge in [-0.3, -0.25) is 9.59 Å². The van der Waals surface area contributed by atoms with Crippen LogP contribution in [-0.4, -0.2) is 50.6 Å². The first kappa shape index (κ1) is 23.0. The molecule has 31 heavy (non-hydrogen) atoms. The third kappa shape index (κ3) is 5.54. The van der Waals surface area contributed by atoms with Crippen molar-refractivity contribution in [2.75, 3.05) is 39.2 Å². The lowest BCUT2D eigenvalue weighted by atomic mass is 10.1. The Balaban J connectivity index is 1.73. The van der Waals surface area contributed by atoms with Gasteiger partial charge in [0.1, 0.15) is 10.8 Å². The first-order valence-corrected chi connectivity index (χ1v) is 10.6. The lowest BCUT2D eigenvalue weighted by Gasteiger charge is -2.20. The van der Waals surface area contributed by atoms with Gasteiger partial charge in [0, 0.05) is 19.2 Å². The molecule has 0 spiro atoms. The number of nitrogens with one attached hydrogen (secondary N) is 1. The molecule has 0 aromatic heterocycles. The molecule has 7 nitrogen and oxygen atoms in total. The van der Waals surface area contributed by atoms with Crippen molar-refractivity contribution in [3.05, 3.63) is 45.9 Å². The molecule has 2 amide bonds. The average molecular weight is 467 g/mol. The molecule has 2 aromatic rings. The fourth-order valence-electron chi connectivity index (χ4n) is 3.31. The zero-order valence-corrected chi connectivity index (χ0v) is 18.9. The van der Waals surface area contributed by atoms with Gasteiger partial charge < -0.3 is 24.4 Å². The van der Waals surface area contributed by atoms with Gasteiger partial charge in [0.2, 0.25) is 5.91 Å². The van der Waals surface area contributed by atoms with Crippen LogP contribution in [0, 0.1) is 0 Å². The highest BCUT2D eigenvalue weighted by atomic mass is 35.5. The molecular formula is C22H24Cl2N2O5. The topological polar surface area (TPSA) is 77.1 Å². The van der Waals surface area contributed by atoms with Gasteiger partial charge in [-0.15, -0.1) is 0 Å². The van der Waals surface area contributed by atoms with Gasteiger partial charge in [-0.1, -0.05) is 29.3 Å². The van der Waals surface area contributed by atoms with Crippen molar-refractivity contribution in [3.63, 3.8) is 0 Å². The number of halogens is 2. The maximum atomic E-state index is 13.0. The Morgan fingerprint density at radius 3 is 2.39 bits per heavy atom. The molecule has 0 saturated carbocycles. The van der Waals surface area contributed by atoms with E-state index in [1.54, 1.807) is 35.2 Å². The minimum Gasteiger partial charge on any atom is -0.493 e. The molecule has 3 rings (SSSR count). The van der Waals surface area contributed by atoms with E-state index in [0.717, 1.165) is 12.8 Å². The Labute approximate surface area is 191 Å². The second-order valence-electron chi connectivity index (χ2n) is 6.95. The lowest BCUT2D eigenvalue weighted by Crippen LogP contribution is -2.29. The first-order chi connectivity index (χ1) is 14.9. The predicted molar refractivity (Wildman–Crippen MR) is 120 cm³/mol. The minimum absolute atomic E-state index is 0.0501. The number of anilines is 1. The van der Waals surface area contributed by atoms with E-state index in [1.807, 2.05) is 0 Å². The number of hydrogen-bond donors (Lipinski definition) is 1. The summed E-state index contributed by atoms with van der Waals surface area (Å²) in [5, 5.41) is 3.46. The SMILES string of the molecule is COc1cc(NC(=O)CCOc2cccc(Cl)c2Cl)c(C(=O)N2CCCC2)cc1OC. The molecule has 1 heterocycles. The van der Waals surface area contributed by atoms with E-state index in [4.69, 9.17) is 37.4 Å². The van der Waals surface area contributed by atoms with Crippen molar-refractivity contribution < 1.29 is 23.8 Å². The predicted octanol–water partition coefficient (Wildman–Crippen LogP) is 4.65. The van der Waals surface area contributed by atoms with E-state index in [9.17, 15) is 9.59 Å². The Morgan fingerprint density at radius 2 is 1.71 bits per heavy atom. The van der Waals surface area contributed by atoms with E-state index in [-0.39, 0.29) is 24.8 Å². The van der Waals surface area contributed by atoms with Crippen LogP contribution in [0.2, 0.25) is 10.0 Å². The molecule has 0 radical (unpaired) electrons. The summed E-state index contributed by atoms with van der Waals surface area (Å²) in [7, 11) is 2.99. The third-order valence-corrected chi connectivity index (χ3v) is 5.73. The second-order valence-corrected chi connectivity index (χ2v) is 7.74. The molecule has 9 heteroatoms. The number of carbonyl (C=O) groups is 2. The highest BCUT2D eigenvalue weighted by Gasteiger charge is 2.25. The van der Waals surface area contributed by atoms with E-state index in [1.165, 1.54) is 14.2 Å². The fourth-order valence-corrected chi connectivity index (χ4v) is 3.66. The molecule has 1 fully saturated rings. The molecule has 0 atom stereocenters. The number of nitrogens with zero attached hydrogens (tertiary/aromatic N) is 1. The number of benzene rings is 2. The van der Waals surface area contributed by atoms with Crippen LogP contribution < -0.4 is 19.5 Å². The second kappa shape index (κ2) is 10.6. The van der Waals surface area contributed by atoms with Crippen molar-refractivity contribution in [3.8, 4) is 17.2 Å². The molecule has 166 valence electrons. The van der Waals surface area contributed by atoms with Gasteiger partial charge in [-0.05, 0) is 31.0 Å². The van der Waals surface area contributed by atoms with Crippen LogP contribution >= 0.6 is 23.2 Å². The Kier molecular flexibility index (Phi) is 7.87. The van der Waals surface area contributed by atoms with E-state index in [0.29, 0.717) is 51.6 Å². The number of hydrogen-bond acceptors (Lipinski definition) is 5. The number of rotatable bonds is 8. The van der Waals surface area contributed by atoms with Crippen molar-refractivity contribution in [1.29, 1.82) is 0 Å². The standard InChI is InChI=1S/C22H24Cl2N2O5/c1-29-18-12-14(22(28)26-9-3-4-10-26)16(13-19(18)30-2)25-20(27)8-11-31-17-7-5-6-15(23)21(17)24/h5-7,12-13H,3-4,8-11H2,1-2H3,(H,25,27). The van der Waals surface area contributed by atoms with Gasteiger partial charge in [-0.25, -0.2) is 0 Å². The van der Waals surface area contributed by atoms with Gasteiger partial charge in [0.15, 0.2) is 11.5 Å². The van der Waals surface area contributed by atoms with Gasteiger partial charge in [0.25, 0.3) is 5.91 Å². The summed E-state index contributed by atoms with van der Waals surface area (Å²) in [4.78, 5) is 27.3. The van der Waals surface area contributed by atoms with Gasteiger partial charge >= 0.3 is 0 Å². The van der Waals surface area contributed by atoms with Crippen LogP contribution in [0.25, 0.3) is 0 Å². The number of likely N-dealkylation sites (tertiary alicyclic amines) is 1. The summed E-state index contributed by atoms with van der Waals surface area (Å²) in [6.07, 6.45) is 1.97. The van der Waals surface area contributed by atoms with Crippen molar-refractivity contribution in [2.24, 2.45) is 0 Å². The molecule has 1 N–H and O–H groups in total. The summed E-state index contributed by atoms with van der Waals surface area (Å²) in [5.41, 5.74) is 0.715. The fraction of sp³-hybridized carbons (Fsp3) is 0.364. The molecule has 0 bridgehead atoms. The molecule has 0 unspecified atom stereocenters. The van der Waals surface area contributed by atoms with Gasteiger partial charge in [-0.2, -0.15) is 0 Å². The monoisotopic (exact) mass is 466 g/mol. The van der Waals surface area contributed by atoms with Crippen molar-refractivity contribution in [2.45, 2.75) is 19.3 Å². The summed E-state index contributed by atoms with van der Waals surface area (Å²) < 4.78 is 16.2. The average Bonchev–Trinajstić information content (AvgIpc) is 3.31.